The molecule has 1 heterocycles. The van der Waals surface area contributed by atoms with Crippen LogP contribution >= 0.6 is 0 Å². The smallest absolute Gasteiger partial charge is 0.158 e. The van der Waals surface area contributed by atoms with Crippen LogP contribution in [0.2, 0.25) is 0 Å². The Balaban J connectivity index is 1.72. The summed E-state index contributed by atoms with van der Waals surface area (Å²) in [6.45, 7) is 0.931. The van der Waals surface area contributed by atoms with Crippen molar-refractivity contribution >= 4 is 17.3 Å². The second-order valence-electron chi connectivity index (χ2n) is 9.48. The lowest BCUT2D eigenvalue weighted by Gasteiger charge is -2.32. The zero-order valence-electron chi connectivity index (χ0n) is 23.4. The van der Waals surface area contributed by atoms with Gasteiger partial charge in [-0.25, -0.2) is 9.97 Å². The van der Waals surface area contributed by atoms with Crippen LogP contribution in [0.15, 0.2) is 42.7 Å². The molecule has 210 valence electrons. The van der Waals surface area contributed by atoms with Gasteiger partial charge in [0.2, 0.25) is 0 Å². The summed E-state index contributed by atoms with van der Waals surface area (Å²) in [6, 6.07) is 11.7. The summed E-state index contributed by atoms with van der Waals surface area (Å²) in [7, 11) is 8.31. The predicted octanol–water partition coefficient (Wildman–Crippen LogP) is 4.67. The van der Waals surface area contributed by atoms with Crippen molar-refractivity contribution in [2.75, 3.05) is 51.5 Å². The molecule has 1 aromatic heterocycles. The minimum atomic E-state index is 0.111. The molecule has 2 unspecified atom stereocenters. The van der Waals surface area contributed by atoms with Gasteiger partial charge in [0.15, 0.2) is 11.6 Å². The average molecular weight is 538 g/mol. The molecule has 1 saturated carbocycles. The maximum absolute atomic E-state index is 6.76. The zero-order valence-corrected chi connectivity index (χ0v) is 23.4. The first-order valence-corrected chi connectivity index (χ1v) is 13.1. The molecule has 0 bridgehead atoms. The number of rotatable bonds is 12. The first kappa shape index (κ1) is 28.1. The quantitative estimate of drug-likeness (QED) is 0.338. The molecule has 0 saturated heterocycles. The van der Waals surface area contributed by atoms with Crippen LogP contribution in [-0.2, 0) is 17.8 Å². The molecule has 2 atom stereocenters. The molecule has 2 aromatic carbocycles. The molecule has 0 spiro atoms. The molecule has 4 rings (SSSR count). The lowest BCUT2D eigenvalue weighted by atomic mass is 9.92. The van der Waals surface area contributed by atoms with Crippen LogP contribution in [0.4, 0.5) is 17.3 Å². The molecule has 3 aromatic rings. The molecule has 1 fully saturated rings. The van der Waals surface area contributed by atoms with Crippen molar-refractivity contribution < 1.29 is 23.7 Å². The molecule has 10 nitrogen and oxygen atoms in total. The Morgan fingerprint density at radius 2 is 1.41 bits per heavy atom. The van der Waals surface area contributed by atoms with Crippen LogP contribution in [0.5, 0.6) is 23.0 Å². The Labute approximate surface area is 230 Å². The summed E-state index contributed by atoms with van der Waals surface area (Å²) in [5.41, 5.74) is 9.12. The average Bonchev–Trinajstić information content (AvgIpc) is 2.98. The van der Waals surface area contributed by atoms with E-state index in [1.807, 2.05) is 36.4 Å². The second kappa shape index (κ2) is 13.2. The van der Waals surface area contributed by atoms with E-state index >= 15 is 0 Å². The molecule has 0 radical (unpaired) electrons. The van der Waals surface area contributed by atoms with Gasteiger partial charge in [0.25, 0.3) is 0 Å². The summed E-state index contributed by atoms with van der Waals surface area (Å²) in [5, 5.41) is 3.54. The number of nitrogen functional groups attached to an aromatic ring is 1. The van der Waals surface area contributed by atoms with Crippen LogP contribution in [0, 0.1) is 0 Å². The maximum Gasteiger partial charge on any atom is 0.158 e. The third-order valence-corrected chi connectivity index (χ3v) is 7.20. The highest BCUT2D eigenvalue weighted by Crippen LogP contribution is 2.35. The van der Waals surface area contributed by atoms with E-state index in [1.54, 1.807) is 41.9 Å². The van der Waals surface area contributed by atoms with E-state index < -0.39 is 0 Å². The fourth-order valence-corrected chi connectivity index (χ4v) is 5.05. The van der Waals surface area contributed by atoms with Gasteiger partial charge in [-0.2, -0.15) is 0 Å². The predicted molar refractivity (Wildman–Crippen MR) is 152 cm³/mol. The van der Waals surface area contributed by atoms with E-state index in [1.165, 1.54) is 0 Å². The Morgan fingerprint density at radius 3 is 1.95 bits per heavy atom. The van der Waals surface area contributed by atoms with Crippen LogP contribution in [0.3, 0.4) is 0 Å². The van der Waals surface area contributed by atoms with Gasteiger partial charge in [-0.3, -0.25) is 0 Å². The van der Waals surface area contributed by atoms with Crippen molar-refractivity contribution in [1.82, 2.24) is 9.97 Å². The van der Waals surface area contributed by atoms with Gasteiger partial charge in [0, 0.05) is 43.5 Å². The number of hydrogen-bond donors (Lipinski definition) is 2. The number of nitrogens with zero attached hydrogens (tertiary/aromatic N) is 3. The minimum absolute atomic E-state index is 0.111. The number of anilines is 3. The molecule has 0 amide bonds. The largest absolute Gasteiger partial charge is 0.497 e. The van der Waals surface area contributed by atoms with Gasteiger partial charge in [0.05, 0.1) is 40.6 Å². The molecule has 1 aliphatic carbocycles. The van der Waals surface area contributed by atoms with Crippen LogP contribution in [-0.4, -0.2) is 57.7 Å². The second-order valence-corrected chi connectivity index (χ2v) is 9.48. The number of benzene rings is 2. The van der Waals surface area contributed by atoms with Gasteiger partial charge in [-0.15, -0.1) is 0 Å². The van der Waals surface area contributed by atoms with Crippen molar-refractivity contribution in [3.63, 3.8) is 0 Å². The van der Waals surface area contributed by atoms with Crippen LogP contribution < -0.4 is 34.9 Å². The highest BCUT2D eigenvalue weighted by molar-refractivity contribution is 5.75. The zero-order chi connectivity index (χ0) is 27.8. The highest BCUT2D eigenvalue weighted by Gasteiger charge is 2.27. The molecular weight excluding hydrogens is 498 g/mol. The topological polar surface area (TPSA) is 113 Å². The monoisotopic (exact) mass is 537 g/mol. The van der Waals surface area contributed by atoms with E-state index in [0.29, 0.717) is 53.4 Å². The van der Waals surface area contributed by atoms with Crippen molar-refractivity contribution in [1.29, 1.82) is 0 Å². The Morgan fingerprint density at radius 1 is 0.821 bits per heavy atom. The van der Waals surface area contributed by atoms with Gasteiger partial charge < -0.3 is 39.6 Å². The number of aromatic nitrogens is 2. The van der Waals surface area contributed by atoms with Crippen molar-refractivity contribution in [2.45, 2.75) is 50.9 Å². The number of nitrogens with two attached hydrogens (primary N) is 1. The number of ether oxygens (including phenoxy) is 5. The first-order chi connectivity index (χ1) is 19.0. The standard InChI is InChI=1S/C29H39N5O5/c1-35-21-12-10-19(25(14-21)38-4)16-34(17-20-11-13-22(36-2)15-26(20)39-5)29-27(30)28(31-18-32-29)33-23-8-6-7-9-24(23)37-3/h10-15,18,23-24H,6-9,16-17,30H2,1-5H3,(H,31,32,33). The molecule has 3 N–H and O–H groups in total. The lowest BCUT2D eigenvalue weighted by Crippen LogP contribution is -2.38. The minimum Gasteiger partial charge on any atom is -0.497 e. The Bertz CT molecular complexity index is 1180. The summed E-state index contributed by atoms with van der Waals surface area (Å²) >= 11 is 0. The Kier molecular flexibility index (Phi) is 9.54. The summed E-state index contributed by atoms with van der Waals surface area (Å²) in [6.07, 6.45) is 5.94. The third-order valence-electron chi connectivity index (χ3n) is 7.20. The Hall–Kier alpha value is -3.92. The highest BCUT2D eigenvalue weighted by atomic mass is 16.5. The normalized spacial score (nSPS) is 16.8. The van der Waals surface area contributed by atoms with Gasteiger partial charge in [-0.1, -0.05) is 12.8 Å². The van der Waals surface area contributed by atoms with Crippen molar-refractivity contribution in [3.05, 3.63) is 53.9 Å². The van der Waals surface area contributed by atoms with Gasteiger partial charge in [0.1, 0.15) is 35.0 Å². The summed E-state index contributed by atoms with van der Waals surface area (Å²) in [4.78, 5) is 11.2. The fourth-order valence-electron chi connectivity index (χ4n) is 5.05. The van der Waals surface area contributed by atoms with E-state index in [0.717, 1.165) is 36.8 Å². The summed E-state index contributed by atoms with van der Waals surface area (Å²) in [5.74, 6) is 4.05. The summed E-state index contributed by atoms with van der Waals surface area (Å²) < 4.78 is 27.9. The molecule has 10 heteroatoms. The molecule has 39 heavy (non-hydrogen) atoms. The van der Waals surface area contributed by atoms with E-state index in [4.69, 9.17) is 29.4 Å². The molecule has 0 aliphatic heterocycles. The molecular formula is C29H39N5O5. The lowest BCUT2D eigenvalue weighted by molar-refractivity contribution is 0.0605. The van der Waals surface area contributed by atoms with Crippen LogP contribution in [0.1, 0.15) is 36.8 Å². The van der Waals surface area contributed by atoms with Crippen molar-refractivity contribution in [3.8, 4) is 23.0 Å². The van der Waals surface area contributed by atoms with Gasteiger partial charge >= 0.3 is 0 Å². The SMILES string of the molecule is COc1ccc(CN(Cc2ccc(OC)cc2OC)c2ncnc(NC3CCCCC3OC)c2N)c(OC)c1. The molecule has 1 aliphatic rings. The number of hydrogen-bond acceptors (Lipinski definition) is 10. The number of nitrogens with one attached hydrogen (secondary N) is 1. The third kappa shape index (κ3) is 6.57. The fraction of sp³-hybridized carbons (Fsp3) is 0.448. The van der Waals surface area contributed by atoms with E-state index in [-0.39, 0.29) is 12.1 Å². The number of methoxy groups -OCH3 is 5. The van der Waals surface area contributed by atoms with E-state index in [2.05, 4.69) is 20.2 Å². The van der Waals surface area contributed by atoms with E-state index in [9.17, 15) is 0 Å². The first-order valence-electron chi connectivity index (χ1n) is 13.1. The van der Waals surface area contributed by atoms with Crippen LogP contribution in [0.25, 0.3) is 0 Å². The maximum atomic E-state index is 6.76. The van der Waals surface area contributed by atoms with Gasteiger partial charge in [-0.05, 0) is 37.1 Å². The van der Waals surface area contributed by atoms with Crippen molar-refractivity contribution in [2.24, 2.45) is 0 Å².